The molecule has 1 aromatic heterocycles. The Kier molecular flexibility index (Phi) is 3.17. The van der Waals surface area contributed by atoms with Crippen LogP contribution in [0.5, 0.6) is 0 Å². The third-order valence-electron chi connectivity index (χ3n) is 1.65. The van der Waals surface area contributed by atoms with E-state index in [9.17, 15) is 9.59 Å². The Hall–Kier alpha value is -1.91. The molecule has 0 bridgehead atoms. The molecule has 0 aliphatic heterocycles. The molecule has 1 heterocycles. The van der Waals surface area contributed by atoms with E-state index in [1.807, 2.05) is 0 Å². The Morgan fingerprint density at radius 2 is 2.00 bits per heavy atom. The normalized spacial score (nSPS) is 9.50. The van der Waals surface area contributed by atoms with E-state index in [4.69, 9.17) is 5.11 Å². The van der Waals surface area contributed by atoms with Gasteiger partial charge in [-0.25, -0.2) is 0 Å². The van der Waals surface area contributed by atoms with Gasteiger partial charge in [-0.1, -0.05) is 0 Å². The lowest BCUT2D eigenvalue weighted by molar-refractivity contribution is -0.137. The Morgan fingerprint density at radius 3 is 2.50 bits per heavy atom. The molecule has 1 N–H and O–H groups in total. The molecular weight excluding hydrogens is 184 g/mol. The number of nitrogens with zero attached hydrogens (tertiary/aromatic N) is 2. The molecule has 0 aliphatic carbocycles. The molecule has 0 aromatic carbocycles. The molecule has 0 spiro atoms. The molecule has 0 fully saturated rings. The summed E-state index contributed by atoms with van der Waals surface area (Å²) in [6.45, 7) is -0.304. The number of carboxylic acid groups (broad SMARTS) is 1. The second kappa shape index (κ2) is 4.36. The average molecular weight is 194 g/mol. The van der Waals surface area contributed by atoms with Crippen LogP contribution in [0.25, 0.3) is 0 Å². The third-order valence-corrected chi connectivity index (χ3v) is 1.65. The molecule has 1 rings (SSSR count). The van der Waals surface area contributed by atoms with Crippen LogP contribution >= 0.6 is 0 Å². The number of carbonyl (C=O) groups is 2. The third kappa shape index (κ3) is 2.55. The van der Waals surface area contributed by atoms with Crippen molar-refractivity contribution in [2.75, 3.05) is 13.6 Å². The van der Waals surface area contributed by atoms with Crippen molar-refractivity contribution < 1.29 is 14.7 Å². The maximum absolute atomic E-state index is 11.5. The molecule has 0 atom stereocenters. The van der Waals surface area contributed by atoms with Crippen molar-refractivity contribution in [1.29, 1.82) is 0 Å². The van der Waals surface area contributed by atoms with Gasteiger partial charge in [-0.15, -0.1) is 0 Å². The van der Waals surface area contributed by atoms with Crippen LogP contribution in [0.1, 0.15) is 10.4 Å². The lowest BCUT2D eigenvalue weighted by Gasteiger charge is -2.13. The average Bonchev–Trinajstić information content (AvgIpc) is 2.17. The first-order chi connectivity index (χ1) is 6.61. The van der Waals surface area contributed by atoms with Crippen molar-refractivity contribution in [2.24, 2.45) is 0 Å². The molecule has 5 heteroatoms. The van der Waals surface area contributed by atoms with Crippen LogP contribution < -0.4 is 0 Å². The number of carbonyl (C=O) groups excluding carboxylic acids is 1. The zero-order valence-electron chi connectivity index (χ0n) is 7.67. The minimum absolute atomic E-state index is 0.304. The van der Waals surface area contributed by atoms with Crippen LogP contribution in [0.4, 0.5) is 0 Å². The van der Waals surface area contributed by atoms with E-state index in [-0.39, 0.29) is 12.5 Å². The van der Waals surface area contributed by atoms with Gasteiger partial charge in [0.1, 0.15) is 6.54 Å². The quantitative estimate of drug-likeness (QED) is 0.748. The number of aliphatic carboxylic acids is 1. The molecule has 0 aliphatic rings. The van der Waals surface area contributed by atoms with E-state index in [0.717, 1.165) is 4.90 Å². The van der Waals surface area contributed by atoms with Crippen molar-refractivity contribution in [3.8, 4) is 0 Å². The van der Waals surface area contributed by atoms with Crippen LogP contribution in [-0.4, -0.2) is 40.5 Å². The SMILES string of the molecule is CN(CC(=O)O)C(=O)c1ccncc1. The van der Waals surface area contributed by atoms with Gasteiger partial charge in [0.05, 0.1) is 0 Å². The first kappa shape index (κ1) is 10.2. The summed E-state index contributed by atoms with van der Waals surface area (Å²) in [6.07, 6.45) is 2.98. The molecule has 14 heavy (non-hydrogen) atoms. The highest BCUT2D eigenvalue weighted by Crippen LogP contribution is 2.00. The zero-order chi connectivity index (χ0) is 10.6. The van der Waals surface area contributed by atoms with Gasteiger partial charge >= 0.3 is 5.97 Å². The van der Waals surface area contributed by atoms with Gasteiger partial charge in [0.2, 0.25) is 0 Å². The molecular formula is C9H10N2O3. The van der Waals surface area contributed by atoms with E-state index in [1.165, 1.54) is 19.4 Å². The van der Waals surface area contributed by atoms with E-state index in [0.29, 0.717) is 5.56 Å². The fourth-order valence-electron chi connectivity index (χ4n) is 0.990. The van der Waals surface area contributed by atoms with Crippen LogP contribution in [-0.2, 0) is 4.79 Å². The van der Waals surface area contributed by atoms with Gasteiger partial charge in [-0.3, -0.25) is 14.6 Å². The van der Waals surface area contributed by atoms with Gasteiger partial charge in [-0.05, 0) is 12.1 Å². The van der Waals surface area contributed by atoms with Crippen LogP contribution in [0, 0.1) is 0 Å². The predicted octanol–water partition coefficient (Wildman–Crippen LogP) is 0.238. The van der Waals surface area contributed by atoms with Gasteiger partial charge in [0.15, 0.2) is 0 Å². The number of carboxylic acids is 1. The first-order valence-electron chi connectivity index (χ1n) is 3.98. The second-order valence-corrected chi connectivity index (χ2v) is 2.79. The van der Waals surface area contributed by atoms with Gasteiger partial charge in [-0.2, -0.15) is 0 Å². The maximum atomic E-state index is 11.5. The van der Waals surface area contributed by atoms with Crippen LogP contribution in [0.15, 0.2) is 24.5 Å². The number of hydrogen-bond donors (Lipinski definition) is 1. The van der Waals surface area contributed by atoms with Gasteiger partial charge < -0.3 is 10.0 Å². The molecule has 0 saturated carbocycles. The smallest absolute Gasteiger partial charge is 0.323 e. The summed E-state index contributed by atoms with van der Waals surface area (Å²) in [7, 11) is 1.44. The number of rotatable bonds is 3. The van der Waals surface area contributed by atoms with Crippen molar-refractivity contribution in [3.05, 3.63) is 30.1 Å². The topological polar surface area (TPSA) is 70.5 Å². The molecule has 5 nitrogen and oxygen atoms in total. The zero-order valence-corrected chi connectivity index (χ0v) is 7.67. The molecule has 0 unspecified atom stereocenters. The largest absolute Gasteiger partial charge is 0.480 e. The van der Waals surface area contributed by atoms with Crippen molar-refractivity contribution in [1.82, 2.24) is 9.88 Å². The second-order valence-electron chi connectivity index (χ2n) is 2.79. The Balaban J connectivity index is 2.71. The van der Waals surface area contributed by atoms with Crippen molar-refractivity contribution in [2.45, 2.75) is 0 Å². The monoisotopic (exact) mass is 194 g/mol. The Bertz CT molecular complexity index is 337. The molecule has 74 valence electrons. The van der Waals surface area contributed by atoms with E-state index < -0.39 is 5.97 Å². The minimum Gasteiger partial charge on any atom is -0.480 e. The summed E-state index contributed by atoms with van der Waals surface area (Å²) in [4.78, 5) is 26.8. The highest BCUT2D eigenvalue weighted by molar-refractivity contribution is 5.95. The highest BCUT2D eigenvalue weighted by atomic mass is 16.4. The number of hydrogen-bond acceptors (Lipinski definition) is 3. The van der Waals surface area contributed by atoms with Gasteiger partial charge in [0.25, 0.3) is 5.91 Å². The summed E-state index contributed by atoms with van der Waals surface area (Å²) in [5.74, 6) is -1.36. The van der Waals surface area contributed by atoms with E-state index >= 15 is 0 Å². The Labute approximate surface area is 81.0 Å². The van der Waals surface area contributed by atoms with Crippen molar-refractivity contribution >= 4 is 11.9 Å². The fourth-order valence-corrected chi connectivity index (χ4v) is 0.990. The van der Waals surface area contributed by atoms with Gasteiger partial charge in [0, 0.05) is 25.0 Å². The van der Waals surface area contributed by atoms with Crippen LogP contribution in [0.2, 0.25) is 0 Å². The fraction of sp³-hybridized carbons (Fsp3) is 0.222. The molecule has 0 radical (unpaired) electrons. The molecule has 1 aromatic rings. The lowest BCUT2D eigenvalue weighted by Crippen LogP contribution is -2.31. The molecule has 0 saturated heterocycles. The van der Waals surface area contributed by atoms with Crippen LogP contribution in [0.3, 0.4) is 0 Å². The summed E-state index contributed by atoms with van der Waals surface area (Å²) in [5.41, 5.74) is 0.434. The van der Waals surface area contributed by atoms with E-state index in [2.05, 4.69) is 4.98 Å². The summed E-state index contributed by atoms with van der Waals surface area (Å²) < 4.78 is 0. The Morgan fingerprint density at radius 1 is 1.43 bits per heavy atom. The molecule has 1 amide bonds. The summed E-state index contributed by atoms with van der Waals surface area (Å²) in [5, 5.41) is 8.47. The number of amides is 1. The number of aromatic nitrogens is 1. The maximum Gasteiger partial charge on any atom is 0.323 e. The first-order valence-corrected chi connectivity index (χ1v) is 3.98. The predicted molar refractivity (Wildman–Crippen MR) is 48.8 cm³/mol. The summed E-state index contributed by atoms with van der Waals surface area (Å²) >= 11 is 0. The lowest BCUT2D eigenvalue weighted by atomic mass is 10.2. The van der Waals surface area contributed by atoms with Crippen molar-refractivity contribution in [3.63, 3.8) is 0 Å². The number of pyridine rings is 1. The highest BCUT2D eigenvalue weighted by Gasteiger charge is 2.13. The summed E-state index contributed by atoms with van der Waals surface area (Å²) in [6, 6.07) is 3.08. The van der Waals surface area contributed by atoms with E-state index in [1.54, 1.807) is 12.1 Å². The number of likely N-dealkylation sites (N-methyl/N-ethyl adjacent to an activating group) is 1. The minimum atomic E-state index is -1.03. The standard InChI is InChI=1S/C9H10N2O3/c1-11(6-8(12)13)9(14)7-2-4-10-5-3-7/h2-5H,6H2,1H3,(H,12,13).